The summed E-state index contributed by atoms with van der Waals surface area (Å²) in [6, 6.07) is 7.93. The number of pyridine rings is 1. The van der Waals surface area contributed by atoms with Gasteiger partial charge in [-0.25, -0.2) is 0 Å². The summed E-state index contributed by atoms with van der Waals surface area (Å²) in [4.78, 5) is 21.9. The fraction of sp³-hybridized carbons (Fsp3) is 0.450. The average Bonchev–Trinajstić information content (AvgIpc) is 3.44. The van der Waals surface area contributed by atoms with Gasteiger partial charge in [0.1, 0.15) is 6.33 Å². The molecule has 2 saturated heterocycles. The number of amides is 1. The number of anilines is 1. The zero-order valence-corrected chi connectivity index (χ0v) is 16.0. The van der Waals surface area contributed by atoms with Gasteiger partial charge in [0, 0.05) is 25.8 Å². The molecule has 3 aromatic heterocycles. The third-order valence-corrected chi connectivity index (χ3v) is 6.04. The Morgan fingerprint density at radius 3 is 2.89 bits per heavy atom. The topological polar surface area (TPSA) is 79.5 Å². The summed E-state index contributed by atoms with van der Waals surface area (Å²) in [5, 5.41) is 12.8. The van der Waals surface area contributed by atoms with E-state index in [1.54, 1.807) is 17.0 Å². The Morgan fingerprint density at radius 2 is 2.07 bits per heavy atom. The largest absolute Gasteiger partial charge is 0.367 e. The summed E-state index contributed by atoms with van der Waals surface area (Å²) in [7, 11) is 0. The maximum Gasteiger partial charge on any atom is 0.231 e. The van der Waals surface area contributed by atoms with Crippen molar-refractivity contribution in [3.8, 4) is 0 Å². The number of carbonyl (C=O) groups excluding carboxylic acids is 1. The van der Waals surface area contributed by atoms with Crippen molar-refractivity contribution in [3.05, 3.63) is 48.2 Å². The van der Waals surface area contributed by atoms with Crippen molar-refractivity contribution in [3.63, 3.8) is 0 Å². The lowest BCUT2D eigenvalue weighted by atomic mass is 9.85. The third kappa shape index (κ3) is 2.71. The van der Waals surface area contributed by atoms with E-state index in [0.717, 1.165) is 61.6 Å². The summed E-state index contributed by atoms with van der Waals surface area (Å²) < 4.78 is 1.74. The molecular formula is C20H23N7O. The van der Waals surface area contributed by atoms with Crippen molar-refractivity contribution >= 4 is 17.2 Å². The van der Waals surface area contributed by atoms with Crippen LogP contribution >= 0.6 is 0 Å². The molecule has 0 saturated carbocycles. The van der Waals surface area contributed by atoms with E-state index in [4.69, 9.17) is 0 Å². The van der Waals surface area contributed by atoms with Crippen molar-refractivity contribution in [2.24, 2.45) is 5.41 Å². The molecule has 8 heteroatoms. The molecule has 2 aliphatic rings. The van der Waals surface area contributed by atoms with Crippen LogP contribution in [0.5, 0.6) is 0 Å². The molecule has 1 spiro atoms. The minimum Gasteiger partial charge on any atom is -0.367 e. The van der Waals surface area contributed by atoms with Crippen LogP contribution < -0.4 is 4.90 Å². The molecule has 0 aliphatic carbocycles. The minimum atomic E-state index is -0.304. The molecule has 8 nitrogen and oxygen atoms in total. The van der Waals surface area contributed by atoms with Crippen LogP contribution in [-0.2, 0) is 17.8 Å². The SMILES string of the molecule is CCc1cc(N2CCC3(CCN(Cc4ccccn4)C3=O)C2)c2nncn2n1. The number of hydrogen-bond acceptors (Lipinski definition) is 6. The van der Waals surface area contributed by atoms with Gasteiger partial charge in [0.15, 0.2) is 0 Å². The van der Waals surface area contributed by atoms with Gasteiger partial charge < -0.3 is 9.80 Å². The third-order valence-electron chi connectivity index (χ3n) is 6.04. The normalized spacial score (nSPS) is 22.1. The second kappa shape index (κ2) is 6.54. The predicted molar refractivity (Wildman–Crippen MR) is 104 cm³/mol. The maximum atomic E-state index is 13.3. The molecule has 3 aromatic rings. The van der Waals surface area contributed by atoms with Gasteiger partial charge in [-0.1, -0.05) is 13.0 Å². The van der Waals surface area contributed by atoms with Crippen LogP contribution in [0.3, 0.4) is 0 Å². The van der Waals surface area contributed by atoms with Crippen LogP contribution in [0.25, 0.3) is 5.65 Å². The first-order chi connectivity index (χ1) is 13.7. The lowest BCUT2D eigenvalue weighted by Crippen LogP contribution is -2.37. The van der Waals surface area contributed by atoms with Crippen molar-refractivity contribution in [1.82, 2.24) is 29.7 Å². The summed E-state index contributed by atoms with van der Waals surface area (Å²) >= 11 is 0. The molecule has 5 rings (SSSR count). The number of nitrogens with zero attached hydrogens (tertiary/aromatic N) is 7. The number of carbonyl (C=O) groups is 1. The molecule has 0 aromatic carbocycles. The summed E-state index contributed by atoms with van der Waals surface area (Å²) in [5.74, 6) is 0.253. The number of aromatic nitrogens is 5. The molecule has 0 N–H and O–H groups in total. The molecule has 28 heavy (non-hydrogen) atoms. The van der Waals surface area contributed by atoms with Crippen LogP contribution in [0.4, 0.5) is 5.69 Å². The predicted octanol–water partition coefficient (Wildman–Crippen LogP) is 1.71. The second-order valence-electron chi connectivity index (χ2n) is 7.72. The first-order valence-electron chi connectivity index (χ1n) is 9.83. The highest BCUT2D eigenvalue weighted by molar-refractivity contribution is 5.87. The molecule has 2 fully saturated rings. The summed E-state index contributed by atoms with van der Waals surface area (Å²) in [6.07, 6.45) is 6.02. The Bertz CT molecular complexity index is 1020. The Morgan fingerprint density at radius 1 is 1.18 bits per heavy atom. The van der Waals surface area contributed by atoms with E-state index < -0.39 is 0 Å². The van der Waals surface area contributed by atoms with Crippen LogP contribution in [0, 0.1) is 5.41 Å². The smallest absolute Gasteiger partial charge is 0.231 e. The van der Waals surface area contributed by atoms with E-state index in [2.05, 4.69) is 38.2 Å². The van der Waals surface area contributed by atoms with Crippen molar-refractivity contribution < 1.29 is 4.79 Å². The number of likely N-dealkylation sites (tertiary alicyclic amines) is 1. The summed E-state index contributed by atoms with van der Waals surface area (Å²) in [5.41, 5.74) is 3.41. The lowest BCUT2D eigenvalue weighted by molar-refractivity contribution is -0.135. The number of hydrogen-bond donors (Lipinski definition) is 0. The molecule has 0 bridgehead atoms. The van der Waals surface area contributed by atoms with Gasteiger partial charge in [-0.2, -0.15) is 9.61 Å². The van der Waals surface area contributed by atoms with Crippen molar-refractivity contribution in [1.29, 1.82) is 0 Å². The van der Waals surface area contributed by atoms with Gasteiger partial charge in [-0.3, -0.25) is 9.78 Å². The van der Waals surface area contributed by atoms with Crippen LogP contribution in [-0.4, -0.2) is 55.2 Å². The molecule has 2 aliphatic heterocycles. The van der Waals surface area contributed by atoms with Gasteiger partial charge in [0.05, 0.1) is 29.0 Å². The molecule has 1 atom stereocenters. The highest BCUT2D eigenvalue weighted by Gasteiger charge is 2.51. The second-order valence-corrected chi connectivity index (χ2v) is 7.72. The molecule has 5 heterocycles. The Kier molecular flexibility index (Phi) is 3.99. The first-order valence-corrected chi connectivity index (χ1v) is 9.83. The monoisotopic (exact) mass is 377 g/mol. The van der Waals surface area contributed by atoms with Gasteiger partial charge in [0.25, 0.3) is 0 Å². The average molecular weight is 377 g/mol. The van der Waals surface area contributed by atoms with E-state index in [1.165, 1.54) is 0 Å². The van der Waals surface area contributed by atoms with E-state index in [9.17, 15) is 4.79 Å². The molecule has 144 valence electrons. The fourth-order valence-corrected chi connectivity index (χ4v) is 4.45. The summed E-state index contributed by atoms with van der Waals surface area (Å²) in [6.45, 7) is 5.04. The van der Waals surface area contributed by atoms with Gasteiger partial charge in [0.2, 0.25) is 11.6 Å². The molecular weight excluding hydrogens is 354 g/mol. The van der Waals surface area contributed by atoms with Crippen LogP contribution in [0.2, 0.25) is 0 Å². The first kappa shape index (κ1) is 17.1. The maximum absolute atomic E-state index is 13.3. The van der Waals surface area contributed by atoms with Gasteiger partial charge in [-0.05, 0) is 37.5 Å². The Labute approximate surface area is 163 Å². The van der Waals surface area contributed by atoms with E-state index in [-0.39, 0.29) is 11.3 Å². The van der Waals surface area contributed by atoms with Crippen molar-refractivity contribution in [2.45, 2.75) is 32.7 Å². The van der Waals surface area contributed by atoms with E-state index in [0.29, 0.717) is 6.54 Å². The minimum absolute atomic E-state index is 0.253. The molecule has 0 radical (unpaired) electrons. The zero-order chi connectivity index (χ0) is 19.1. The van der Waals surface area contributed by atoms with Crippen LogP contribution in [0.15, 0.2) is 36.8 Å². The molecule has 1 unspecified atom stereocenters. The highest BCUT2D eigenvalue weighted by atomic mass is 16.2. The van der Waals surface area contributed by atoms with E-state index >= 15 is 0 Å². The van der Waals surface area contributed by atoms with E-state index in [1.807, 2.05) is 23.1 Å². The number of rotatable bonds is 4. The van der Waals surface area contributed by atoms with Gasteiger partial charge in [-0.15, -0.1) is 10.2 Å². The zero-order valence-electron chi connectivity index (χ0n) is 16.0. The Balaban J connectivity index is 1.39. The number of aryl methyl sites for hydroxylation is 1. The quantitative estimate of drug-likeness (QED) is 0.689. The lowest BCUT2D eigenvalue weighted by Gasteiger charge is -2.24. The van der Waals surface area contributed by atoms with Gasteiger partial charge >= 0.3 is 0 Å². The standard InChI is InChI=1S/C20H23N7O/c1-2-15-11-17(18-23-22-14-27(18)24-15)26-10-7-20(13-26)6-9-25(19(20)28)12-16-5-3-4-8-21-16/h3-5,8,11,14H,2,6-7,9-10,12-13H2,1H3. The molecule has 1 amide bonds. The fourth-order valence-electron chi connectivity index (χ4n) is 4.45. The van der Waals surface area contributed by atoms with Crippen molar-refractivity contribution in [2.75, 3.05) is 24.5 Å². The van der Waals surface area contributed by atoms with Crippen LogP contribution in [0.1, 0.15) is 31.2 Å². The highest BCUT2D eigenvalue weighted by Crippen LogP contribution is 2.43. The Hall–Kier alpha value is -3.03. The number of fused-ring (bicyclic) bond motifs is 1.